The molecule has 0 unspecified atom stereocenters. The number of nitriles is 1. The second-order valence-corrected chi connectivity index (χ2v) is 6.37. The number of nitrogens with zero attached hydrogens (tertiary/aromatic N) is 2. The number of methoxy groups -OCH3 is 1. The Bertz CT molecular complexity index is 722. The van der Waals surface area contributed by atoms with Gasteiger partial charge in [-0.15, -0.1) is 11.8 Å². The fraction of sp³-hybridized carbons (Fsp3) is 0.333. The fourth-order valence-corrected chi connectivity index (χ4v) is 3.64. The van der Waals surface area contributed by atoms with Gasteiger partial charge < -0.3 is 4.74 Å². The maximum absolute atomic E-state index is 9.38. The van der Waals surface area contributed by atoms with E-state index in [1.165, 1.54) is 29.7 Å². The number of aromatic nitrogens is 1. The Morgan fingerprint density at radius 3 is 2.95 bits per heavy atom. The summed E-state index contributed by atoms with van der Waals surface area (Å²) in [7, 11) is 1.67. The molecule has 1 aliphatic rings. The van der Waals surface area contributed by atoms with Crippen molar-refractivity contribution in [2.75, 3.05) is 7.11 Å². The summed E-state index contributed by atoms with van der Waals surface area (Å²) in [5, 5.41) is 10.2. The van der Waals surface area contributed by atoms with Gasteiger partial charge in [0.05, 0.1) is 12.7 Å². The van der Waals surface area contributed by atoms with Crippen molar-refractivity contribution in [2.45, 2.75) is 36.5 Å². The number of rotatable bonds is 4. The number of thioether (sulfide) groups is 1. The lowest BCUT2D eigenvalue weighted by atomic mass is 9.95. The molecule has 0 aliphatic heterocycles. The largest absolute Gasteiger partial charge is 0.497 e. The Hall–Kier alpha value is -1.99. The van der Waals surface area contributed by atoms with E-state index in [1.807, 2.05) is 24.3 Å². The predicted molar refractivity (Wildman–Crippen MR) is 88.1 cm³/mol. The van der Waals surface area contributed by atoms with Crippen LogP contribution in [-0.4, -0.2) is 12.1 Å². The number of aryl methyl sites for hydroxylation is 2. The molecule has 3 rings (SSSR count). The van der Waals surface area contributed by atoms with Crippen LogP contribution < -0.4 is 4.74 Å². The molecular formula is C18H18N2OS. The number of fused-ring (bicyclic) bond motifs is 1. The van der Waals surface area contributed by atoms with Crippen molar-refractivity contribution in [2.24, 2.45) is 0 Å². The smallest absolute Gasteiger partial charge is 0.119 e. The summed E-state index contributed by atoms with van der Waals surface area (Å²) in [6.07, 6.45) is 4.49. The molecule has 4 heteroatoms. The first-order chi connectivity index (χ1) is 10.8. The summed E-state index contributed by atoms with van der Waals surface area (Å²) < 4.78 is 5.25. The third-order valence-corrected chi connectivity index (χ3v) is 4.96. The molecule has 1 aliphatic carbocycles. The van der Waals surface area contributed by atoms with Gasteiger partial charge in [0.1, 0.15) is 16.8 Å². The highest BCUT2D eigenvalue weighted by molar-refractivity contribution is 7.98. The number of hydrogen-bond donors (Lipinski definition) is 0. The van der Waals surface area contributed by atoms with E-state index in [4.69, 9.17) is 9.72 Å². The zero-order chi connectivity index (χ0) is 15.4. The van der Waals surface area contributed by atoms with Gasteiger partial charge >= 0.3 is 0 Å². The van der Waals surface area contributed by atoms with Crippen LogP contribution in [0.3, 0.4) is 0 Å². The van der Waals surface area contributed by atoms with Crippen LogP contribution in [0.25, 0.3) is 0 Å². The van der Waals surface area contributed by atoms with Gasteiger partial charge in [0, 0.05) is 11.4 Å². The number of hydrogen-bond acceptors (Lipinski definition) is 4. The molecule has 2 aromatic rings. The van der Waals surface area contributed by atoms with Crippen molar-refractivity contribution in [1.82, 2.24) is 4.98 Å². The lowest BCUT2D eigenvalue weighted by molar-refractivity contribution is 0.414. The first-order valence-corrected chi connectivity index (χ1v) is 8.47. The minimum absolute atomic E-state index is 0.702. The topological polar surface area (TPSA) is 45.9 Å². The van der Waals surface area contributed by atoms with E-state index in [1.54, 1.807) is 18.9 Å². The zero-order valence-corrected chi connectivity index (χ0v) is 13.4. The summed E-state index contributed by atoms with van der Waals surface area (Å²) in [5.41, 5.74) is 4.31. The van der Waals surface area contributed by atoms with Gasteiger partial charge in [-0.3, -0.25) is 0 Å². The monoisotopic (exact) mass is 310 g/mol. The van der Waals surface area contributed by atoms with Gasteiger partial charge in [-0.1, -0.05) is 12.1 Å². The zero-order valence-electron chi connectivity index (χ0n) is 12.6. The quantitative estimate of drug-likeness (QED) is 0.796. The van der Waals surface area contributed by atoms with Crippen LogP contribution in [0.5, 0.6) is 5.75 Å². The van der Waals surface area contributed by atoms with E-state index in [0.717, 1.165) is 29.4 Å². The minimum atomic E-state index is 0.702. The summed E-state index contributed by atoms with van der Waals surface area (Å²) in [4.78, 5) is 4.75. The van der Waals surface area contributed by atoms with Crippen LogP contribution in [0.2, 0.25) is 0 Å². The molecule has 0 saturated carbocycles. The Morgan fingerprint density at radius 2 is 2.14 bits per heavy atom. The van der Waals surface area contributed by atoms with E-state index in [-0.39, 0.29) is 0 Å². The second kappa shape index (κ2) is 6.85. The Balaban J connectivity index is 1.81. The molecule has 1 aromatic carbocycles. The van der Waals surface area contributed by atoms with E-state index in [0.29, 0.717) is 5.56 Å². The maximum atomic E-state index is 9.38. The van der Waals surface area contributed by atoms with E-state index in [9.17, 15) is 5.26 Å². The average molecular weight is 310 g/mol. The molecule has 0 amide bonds. The van der Waals surface area contributed by atoms with Crippen molar-refractivity contribution in [3.8, 4) is 11.8 Å². The van der Waals surface area contributed by atoms with Gasteiger partial charge in [-0.05, 0) is 55.0 Å². The molecule has 22 heavy (non-hydrogen) atoms. The second-order valence-electron chi connectivity index (χ2n) is 5.41. The first-order valence-electron chi connectivity index (χ1n) is 7.49. The molecule has 1 heterocycles. The molecule has 0 bridgehead atoms. The molecule has 1 aromatic heterocycles. The number of ether oxygens (including phenoxy) is 1. The van der Waals surface area contributed by atoms with Crippen LogP contribution in [0.1, 0.15) is 35.2 Å². The lowest BCUT2D eigenvalue weighted by Gasteiger charge is -2.16. The average Bonchev–Trinajstić information content (AvgIpc) is 2.59. The highest BCUT2D eigenvalue weighted by Gasteiger charge is 2.15. The molecule has 0 atom stereocenters. The summed E-state index contributed by atoms with van der Waals surface area (Å²) >= 11 is 1.63. The van der Waals surface area contributed by atoms with E-state index in [2.05, 4.69) is 12.1 Å². The van der Waals surface area contributed by atoms with Gasteiger partial charge in [0.25, 0.3) is 0 Å². The number of pyridine rings is 1. The lowest BCUT2D eigenvalue weighted by Crippen LogP contribution is -2.07. The van der Waals surface area contributed by atoms with Crippen LogP contribution in [0, 0.1) is 11.3 Å². The van der Waals surface area contributed by atoms with Gasteiger partial charge in [-0.2, -0.15) is 5.26 Å². The minimum Gasteiger partial charge on any atom is -0.497 e. The fourth-order valence-electron chi connectivity index (χ4n) is 2.72. The van der Waals surface area contributed by atoms with Crippen LogP contribution in [0.15, 0.2) is 35.4 Å². The molecule has 0 saturated heterocycles. The van der Waals surface area contributed by atoms with Crippen LogP contribution >= 0.6 is 11.8 Å². The first kappa shape index (κ1) is 14.9. The molecule has 0 spiro atoms. The van der Waals surface area contributed by atoms with E-state index < -0.39 is 0 Å². The Labute approximate surface area is 135 Å². The van der Waals surface area contributed by atoms with Crippen LogP contribution in [0.4, 0.5) is 0 Å². The molecule has 0 fully saturated rings. The van der Waals surface area contributed by atoms with Crippen LogP contribution in [-0.2, 0) is 18.6 Å². The maximum Gasteiger partial charge on any atom is 0.119 e. The summed E-state index contributed by atoms with van der Waals surface area (Å²) in [6, 6.07) is 12.4. The molecule has 0 N–H and O–H groups in total. The van der Waals surface area contributed by atoms with Crippen molar-refractivity contribution in [3.63, 3.8) is 0 Å². The van der Waals surface area contributed by atoms with Gasteiger partial charge in [0.2, 0.25) is 0 Å². The highest BCUT2D eigenvalue weighted by atomic mass is 32.2. The summed E-state index contributed by atoms with van der Waals surface area (Å²) in [6.45, 7) is 0. The third kappa shape index (κ3) is 3.26. The van der Waals surface area contributed by atoms with E-state index >= 15 is 0 Å². The van der Waals surface area contributed by atoms with Crippen molar-refractivity contribution in [1.29, 1.82) is 5.26 Å². The van der Waals surface area contributed by atoms with Gasteiger partial charge in [0.15, 0.2) is 0 Å². The standard InChI is InChI=1S/C18H18N2OS/c1-21-16-7-4-5-13(9-16)12-22-18-15(11-19)10-14-6-2-3-8-17(14)20-18/h4-5,7,9-10H,2-3,6,8,12H2,1H3. The molecule has 0 radical (unpaired) electrons. The summed E-state index contributed by atoms with van der Waals surface area (Å²) in [5.74, 6) is 1.65. The normalized spacial score (nSPS) is 13.3. The van der Waals surface area contributed by atoms with Crippen molar-refractivity contribution >= 4 is 11.8 Å². The molecule has 112 valence electrons. The Kier molecular flexibility index (Phi) is 4.65. The van der Waals surface area contributed by atoms with Gasteiger partial charge in [-0.25, -0.2) is 4.98 Å². The van der Waals surface area contributed by atoms with Crippen molar-refractivity contribution in [3.05, 3.63) is 52.7 Å². The molecular weight excluding hydrogens is 292 g/mol. The number of benzene rings is 1. The Morgan fingerprint density at radius 1 is 1.27 bits per heavy atom. The predicted octanol–water partition coefficient (Wildman–Crippen LogP) is 4.13. The SMILES string of the molecule is COc1cccc(CSc2nc3c(cc2C#N)CCCC3)c1. The highest BCUT2D eigenvalue weighted by Crippen LogP contribution is 2.29. The molecule has 3 nitrogen and oxygen atoms in total. The third-order valence-electron chi connectivity index (χ3n) is 3.90. The van der Waals surface area contributed by atoms with Crippen molar-refractivity contribution < 1.29 is 4.74 Å².